The third-order valence-electron chi connectivity index (χ3n) is 4.21. The van der Waals surface area contributed by atoms with Gasteiger partial charge in [0.15, 0.2) is 0 Å². The van der Waals surface area contributed by atoms with E-state index in [1.54, 1.807) is 10.7 Å². The van der Waals surface area contributed by atoms with Crippen LogP contribution in [0.15, 0.2) is 41.6 Å². The second kappa shape index (κ2) is 8.10. The van der Waals surface area contributed by atoms with Crippen LogP contribution in [0.1, 0.15) is 23.6 Å². The Morgan fingerprint density at radius 1 is 1.22 bits per heavy atom. The highest BCUT2D eigenvalue weighted by Crippen LogP contribution is 2.27. The van der Waals surface area contributed by atoms with Gasteiger partial charge in [-0.1, -0.05) is 41.6 Å². The summed E-state index contributed by atoms with van der Waals surface area (Å²) < 4.78 is 1.67. The molecule has 1 heterocycles. The number of aryl methyl sites for hydroxylation is 2. The molecule has 8 heteroatoms. The van der Waals surface area contributed by atoms with E-state index in [4.69, 9.17) is 11.6 Å². The van der Waals surface area contributed by atoms with E-state index in [0.717, 1.165) is 22.4 Å². The van der Waals surface area contributed by atoms with Crippen LogP contribution in [0.2, 0.25) is 5.02 Å². The zero-order valence-corrected chi connectivity index (χ0v) is 17.1. The van der Waals surface area contributed by atoms with Gasteiger partial charge in [-0.15, -0.1) is 5.10 Å². The summed E-state index contributed by atoms with van der Waals surface area (Å²) in [4.78, 5) is 12.6. The Morgan fingerprint density at radius 3 is 2.78 bits per heavy atom. The molecule has 2 aromatic carbocycles. The van der Waals surface area contributed by atoms with Gasteiger partial charge in [-0.2, -0.15) is 4.68 Å². The number of amides is 1. The predicted molar refractivity (Wildman–Crippen MR) is 109 cm³/mol. The molecule has 0 aliphatic rings. The van der Waals surface area contributed by atoms with Gasteiger partial charge in [-0.05, 0) is 73.0 Å². The predicted octanol–water partition coefficient (Wildman–Crippen LogP) is 4.36. The van der Waals surface area contributed by atoms with Crippen molar-refractivity contribution in [2.45, 2.75) is 38.1 Å². The van der Waals surface area contributed by atoms with E-state index in [1.807, 2.05) is 58.0 Å². The van der Waals surface area contributed by atoms with E-state index < -0.39 is 5.25 Å². The molecule has 3 rings (SSSR count). The van der Waals surface area contributed by atoms with Crippen LogP contribution in [-0.4, -0.2) is 31.4 Å². The number of rotatable bonds is 5. The first-order valence-electron chi connectivity index (χ1n) is 8.45. The largest absolute Gasteiger partial charge is 0.325 e. The van der Waals surface area contributed by atoms with Crippen LogP contribution >= 0.6 is 23.4 Å². The first kappa shape index (κ1) is 19.4. The number of hydrogen-bond donors (Lipinski definition) is 1. The first-order chi connectivity index (χ1) is 12.9. The minimum atomic E-state index is -0.391. The zero-order chi connectivity index (χ0) is 19.6. The van der Waals surface area contributed by atoms with E-state index in [1.165, 1.54) is 11.8 Å². The SMILES string of the molecule is Cc1ccc(C)c(-n2nnnc2S[C@H](C)C(=O)Nc2cccc(Cl)c2C)c1. The Labute approximate surface area is 167 Å². The van der Waals surface area contributed by atoms with Crippen LogP contribution in [0, 0.1) is 20.8 Å². The fourth-order valence-electron chi connectivity index (χ4n) is 2.54. The lowest BCUT2D eigenvalue weighted by molar-refractivity contribution is -0.115. The second-order valence-electron chi connectivity index (χ2n) is 6.32. The van der Waals surface area contributed by atoms with Gasteiger partial charge in [-0.25, -0.2) is 0 Å². The molecular weight excluding hydrogens is 382 g/mol. The summed E-state index contributed by atoms with van der Waals surface area (Å²) in [6.07, 6.45) is 0. The summed E-state index contributed by atoms with van der Waals surface area (Å²) in [5.74, 6) is -0.138. The number of carbonyl (C=O) groups is 1. The normalized spacial score (nSPS) is 12.0. The third-order valence-corrected chi connectivity index (χ3v) is 5.65. The summed E-state index contributed by atoms with van der Waals surface area (Å²) >= 11 is 7.43. The Kier molecular flexibility index (Phi) is 5.82. The number of nitrogens with zero attached hydrogens (tertiary/aromatic N) is 4. The van der Waals surface area contributed by atoms with Crippen LogP contribution in [0.4, 0.5) is 5.69 Å². The van der Waals surface area contributed by atoms with Crippen molar-refractivity contribution in [3.05, 3.63) is 58.1 Å². The minimum Gasteiger partial charge on any atom is -0.325 e. The highest BCUT2D eigenvalue weighted by molar-refractivity contribution is 8.00. The van der Waals surface area contributed by atoms with Crippen LogP contribution in [-0.2, 0) is 4.79 Å². The van der Waals surface area contributed by atoms with Gasteiger partial charge in [0.2, 0.25) is 11.1 Å². The Bertz CT molecular complexity index is 988. The summed E-state index contributed by atoms with van der Waals surface area (Å²) in [5, 5.41) is 15.7. The number of halogens is 1. The van der Waals surface area contributed by atoms with Crippen molar-refractivity contribution in [3.8, 4) is 5.69 Å². The summed E-state index contributed by atoms with van der Waals surface area (Å²) in [6.45, 7) is 7.71. The molecule has 0 saturated heterocycles. The maximum Gasteiger partial charge on any atom is 0.237 e. The molecule has 0 saturated carbocycles. The summed E-state index contributed by atoms with van der Waals surface area (Å²) in [6, 6.07) is 11.5. The number of benzene rings is 2. The Morgan fingerprint density at radius 2 is 2.00 bits per heavy atom. The molecule has 1 N–H and O–H groups in total. The number of carbonyl (C=O) groups excluding carboxylic acids is 1. The second-order valence-corrected chi connectivity index (χ2v) is 8.04. The fraction of sp³-hybridized carbons (Fsp3) is 0.263. The molecule has 1 aromatic heterocycles. The van der Waals surface area contributed by atoms with Gasteiger partial charge in [0.25, 0.3) is 0 Å². The van der Waals surface area contributed by atoms with E-state index in [-0.39, 0.29) is 5.91 Å². The zero-order valence-electron chi connectivity index (χ0n) is 15.5. The monoisotopic (exact) mass is 401 g/mol. The molecule has 1 atom stereocenters. The van der Waals surface area contributed by atoms with E-state index >= 15 is 0 Å². The van der Waals surface area contributed by atoms with Crippen molar-refractivity contribution < 1.29 is 4.79 Å². The number of aromatic nitrogens is 4. The van der Waals surface area contributed by atoms with Gasteiger partial charge in [0.1, 0.15) is 0 Å². The van der Waals surface area contributed by atoms with Crippen LogP contribution < -0.4 is 5.32 Å². The lowest BCUT2D eigenvalue weighted by atomic mass is 10.1. The molecule has 6 nitrogen and oxygen atoms in total. The number of tetrazole rings is 1. The van der Waals surface area contributed by atoms with E-state index in [2.05, 4.69) is 20.8 Å². The standard InChI is InChI=1S/C19H20ClN5OS/c1-11-8-9-12(2)17(10-11)25-19(22-23-24-25)27-14(4)18(26)21-16-7-5-6-15(20)13(16)3/h5-10,14H,1-4H3,(H,21,26)/t14-/m1/s1. The molecule has 1 amide bonds. The smallest absolute Gasteiger partial charge is 0.237 e. The molecule has 0 aliphatic heterocycles. The molecule has 0 spiro atoms. The van der Waals surface area contributed by atoms with Gasteiger partial charge in [0, 0.05) is 10.7 Å². The lowest BCUT2D eigenvalue weighted by Gasteiger charge is -2.14. The maximum atomic E-state index is 12.6. The van der Waals surface area contributed by atoms with Crippen molar-refractivity contribution in [2.24, 2.45) is 0 Å². The van der Waals surface area contributed by atoms with Crippen molar-refractivity contribution in [1.29, 1.82) is 0 Å². The number of anilines is 1. The number of hydrogen-bond acceptors (Lipinski definition) is 5. The molecule has 0 unspecified atom stereocenters. The maximum absolute atomic E-state index is 12.6. The first-order valence-corrected chi connectivity index (χ1v) is 9.71. The number of thioether (sulfide) groups is 1. The van der Waals surface area contributed by atoms with Crippen molar-refractivity contribution in [3.63, 3.8) is 0 Å². The molecule has 0 fully saturated rings. The molecule has 140 valence electrons. The average Bonchev–Trinajstić information content (AvgIpc) is 3.08. The van der Waals surface area contributed by atoms with E-state index in [9.17, 15) is 4.79 Å². The van der Waals surface area contributed by atoms with Crippen molar-refractivity contribution >= 4 is 35.0 Å². The Balaban J connectivity index is 1.78. The average molecular weight is 402 g/mol. The van der Waals surface area contributed by atoms with Gasteiger partial charge >= 0.3 is 0 Å². The molecule has 27 heavy (non-hydrogen) atoms. The van der Waals surface area contributed by atoms with Crippen LogP contribution in [0.25, 0.3) is 5.69 Å². The van der Waals surface area contributed by atoms with Crippen LogP contribution in [0.5, 0.6) is 0 Å². The minimum absolute atomic E-state index is 0.138. The third kappa shape index (κ3) is 4.31. The molecular formula is C19H20ClN5OS. The lowest BCUT2D eigenvalue weighted by Crippen LogP contribution is -2.23. The van der Waals surface area contributed by atoms with E-state index in [0.29, 0.717) is 15.9 Å². The molecule has 0 radical (unpaired) electrons. The highest BCUT2D eigenvalue weighted by Gasteiger charge is 2.20. The van der Waals surface area contributed by atoms with Crippen molar-refractivity contribution in [2.75, 3.05) is 5.32 Å². The quantitative estimate of drug-likeness (QED) is 0.643. The van der Waals surface area contributed by atoms with Gasteiger partial charge in [-0.3, -0.25) is 4.79 Å². The highest BCUT2D eigenvalue weighted by atomic mass is 35.5. The molecule has 3 aromatic rings. The molecule has 0 aliphatic carbocycles. The summed E-state index contributed by atoms with van der Waals surface area (Å²) in [7, 11) is 0. The topological polar surface area (TPSA) is 72.7 Å². The van der Waals surface area contributed by atoms with Crippen LogP contribution in [0.3, 0.4) is 0 Å². The fourth-order valence-corrected chi connectivity index (χ4v) is 3.52. The molecule has 0 bridgehead atoms. The van der Waals surface area contributed by atoms with Gasteiger partial charge in [0.05, 0.1) is 10.9 Å². The van der Waals surface area contributed by atoms with Crippen molar-refractivity contribution in [1.82, 2.24) is 20.2 Å². The summed E-state index contributed by atoms with van der Waals surface area (Å²) in [5.41, 5.74) is 4.62. The number of nitrogens with one attached hydrogen (secondary N) is 1. The van der Waals surface area contributed by atoms with Gasteiger partial charge < -0.3 is 5.32 Å². The Hall–Kier alpha value is -2.38.